The molecule has 2 aromatic heterocycles. The third kappa shape index (κ3) is 1.96. The second-order valence-corrected chi connectivity index (χ2v) is 4.64. The van der Waals surface area contributed by atoms with E-state index in [4.69, 9.17) is 11.6 Å². The van der Waals surface area contributed by atoms with Gasteiger partial charge in [0, 0.05) is 0 Å². The van der Waals surface area contributed by atoms with Crippen LogP contribution in [0.15, 0.2) is 24.4 Å². The Labute approximate surface area is 113 Å². The lowest BCUT2D eigenvalue weighted by molar-refractivity contribution is 0.625. The van der Waals surface area contributed by atoms with E-state index in [2.05, 4.69) is 15.1 Å². The molecule has 6 heteroatoms. The van der Waals surface area contributed by atoms with Crippen LogP contribution in [0.4, 0.5) is 4.39 Å². The summed E-state index contributed by atoms with van der Waals surface area (Å²) in [5.41, 5.74) is 2.16. The van der Waals surface area contributed by atoms with Gasteiger partial charge in [0.2, 0.25) is 0 Å². The summed E-state index contributed by atoms with van der Waals surface area (Å²) in [4.78, 5) is 8.43. The number of hydrogen-bond acceptors (Lipinski definition) is 3. The van der Waals surface area contributed by atoms with Crippen LogP contribution in [0.5, 0.6) is 0 Å². The predicted octanol–water partition coefficient (Wildman–Crippen LogP) is 3.22. The van der Waals surface area contributed by atoms with Gasteiger partial charge < -0.3 is 0 Å². The number of benzene rings is 1. The fraction of sp³-hybridized carbons (Fsp3) is 0.154. The molecule has 0 aliphatic rings. The molecule has 0 fully saturated rings. The zero-order chi connectivity index (χ0) is 13.6. The van der Waals surface area contributed by atoms with Crippen molar-refractivity contribution in [3.63, 3.8) is 0 Å². The second kappa shape index (κ2) is 4.28. The van der Waals surface area contributed by atoms with Crippen LogP contribution in [-0.2, 0) is 0 Å². The molecule has 0 aliphatic heterocycles. The number of fused-ring (bicyclic) bond motifs is 1. The van der Waals surface area contributed by atoms with Crippen molar-refractivity contribution in [1.29, 1.82) is 0 Å². The molecule has 19 heavy (non-hydrogen) atoms. The molecule has 0 N–H and O–H groups in total. The van der Waals surface area contributed by atoms with Gasteiger partial charge in [-0.05, 0) is 37.6 Å². The van der Waals surface area contributed by atoms with E-state index in [0.717, 1.165) is 11.3 Å². The Hall–Kier alpha value is -2.01. The first-order valence-corrected chi connectivity index (χ1v) is 6.08. The molecule has 3 aromatic rings. The zero-order valence-electron chi connectivity index (χ0n) is 10.4. The van der Waals surface area contributed by atoms with E-state index in [-0.39, 0.29) is 5.82 Å². The Morgan fingerprint density at radius 2 is 2.00 bits per heavy atom. The monoisotopic (exact) mass is 276 g/mol. The number of aryl methyl sites for hydroxylation is 2. The second-order valence-electron chi connectivity index (χ2n) is 4.29. The van der Waals surface area contributed by atoms with Crippen LogP contribution in [-0.4, -0.2) is 19.7 Å². The molecule has 0 amide bonds. The fourth-order valence-electron chi connectivity index (χ4n) is 2.01. The van der Waals surface area contributed by atoms with Crippen LogP contribution in [0, 0.1) is 19.7 Å². The number of hydrogen-bond donors (Lipinski definition) is 0. The summed E-state index contributed by atoms with van der Waals surface area (Å²) in [5, 5.41) is 5.31. The first-order chi connectivity index (χ1) is 9.06. The molecule has 96 valence electrons. The molecule has 1 aromatic carbocycles. The molecule has 4 nitrogen and oxygen atoms in total. The van der Waals surface area contributed by atoms with Crippen molar-refractivity contribution in [2.75, 3.05) is 0 Å². The van der Waals surface area contributed by atoms with E-state index in [0.29, 0.717) is 22.0 Å². The van der Waals surface area contributed by atoms with Gasteiger partial charge in [-0.2, -0.15) is 5.10 Å². The van der Waals surface area contributed by atoms with E-state index >= 15 is 0 Å². The van der Waals surface area contributed by atoms with E-state index < -0.39 is 0 Å². The first-order valence-electron chi connectivity index (χ1n) is 5.70. The number of rotatable bonds is 1. The average molecular weight is 277 g/mol. The largest absolute Gasteiger partial charge is 0.221 e. The van der Waals surface area contributed by atoms with Crippen molar-refractivity contribution in [2.45, 2.75) is 13.8 Å². The van der Waals surface area contributed by atoms with Crippen molar-refractivity contribution in [3.8, 4) is 5.69 Å². The van der Waals surface area contributed by atoms with Gasteiger partial charge in [0.25, 0.3) is 0 Å². The smallest absolute Gasteiger partial charge is 0.168 e. The van der Waals surface area contributed by atoms with Crippen LogP contribution < -0.4 is 0 Å². The molecular weight excluding hydrogens is 267 g/mol. The normalized spacial score (nSPS) is 11.2. The van der Waals surface area contributed by atoms with Crippen molar-refractivity contribution >= 4 is 22.6 Å². The summed E-state index contributed by atoms with van der Waals surface area (Å²) in [6, 6.07) is 4.52. The van der Waals surface area contributed by atoms with E-state index in [9.17, 15) is 4.39 Å². The predicted molar refractivity (Wildman–Crippen MR) is 71.1 cm³/mol. The van der Waals surface area contributed by atoms with Crippen molar-refractivity contribution in [1.82, 2.24) is 19.7 Å². The highest BCUT2D eigenvalue weighted by Gasteiger charge is 2.12. The van der Waals surface area contributed by atoms with Crippen molar-refractivity contribution in [2.24, 2.45) is 0 Å². The van der Waals surface area contributed by atoms with Crippen LogP contribution in [0.1, 0.15) is 11.4 Å². The molecule has 0 atom stereocenters. The Kier molecular flexibility index (Phi) is 2.71. The molecule has 0 bridgehead atoms. The third-order valence-corrected chi connectivity index (χ3v) is 3.17. The molecule has 0 saturated carbocycles. The van der Waals surface area contributed by atoms with E-state index in [1.165, 1.54) is 12.1 Å². The Balaban J connectivity index is 2.31. The minimum Gasteiger partial charge on any atom is -0.221 e. The summed E-state index contributed by atoms with van der Waals surface area (Å²) in [6.07, 6.45) is 1.61. The average Bonchev–Trinajstić information content (AvgIpc) is 2.73. The number of aromatic nitrogens is 4. The SMILES string of the molecule is Cc1nc(Cl)c2cnn(-c3ccc(F)cc3C)c2n1. The van der Waals surface area contributed by atoms with Gasteiger partial charge in [-0.25, -0.2) is 19.0 Å². The van der Waals surface area contributed by atoms with Crippen molar-refractivity contribution < 1.29 is 4.39 Å². The van der Waals surface area contributed by atoms with Crippen molar-refractivity contribution in [3.05, 3.63) is 46.8 Å². The fourth-order valence-corrected chi connectivity index (χ4v) is 2.26. The Morgan fingerprint density at radius 1 is 1.21 bits per heavy atom. The molecular formula is C13H10ClFN4. The highest BCUT2D eigenvalue weighted by atomic mass is 35.5. The van der Waals surface area contributed by atoms with Crippen LogP contribution >= 0.6 is 11.6 Å². The van der Waals surface area contributed by atoms with Gasteiger partial charge in [0.15, 0.2) is 5.65 Å². The number of nitrogens with zero attached hydrogens (tertiary/aromatic N) is 4. The van der Waals surface area contributed by atoms with Crippen LogP contribution in [0.3, 0.4) is 0 Å². The molecule has 0 aliphatic carbocycles. The number of halogens is 2. The molecule has 0 unspecified atom stereocenters. The van der Waals surface area contributed by atoms with Gasteiger partial charge >= 0.3 is 0 Å². The molecule has 3 rings (SSSR count). The highest BCUT2D eigenvalue weighted by Crippen LogP contribution is 2.24. The van der Waals surface area contributed by atoms with Gasteiger partial charge in [-0.15, -0.1) is 0 Å². The van der Waals surface area contributed by atoms with Gasteiger partial charge in [-0.1, -0.05) is 11.6 Å². The maximum Gasteiger partial charge on any atom is 0.168 e. The quantitative estimate of drug-likeness (QED) is 0.641. The summed E-state index contributed by atoms with van der Waals surface area (Å²) in [5.74, 6) is 0.292. The molecule has 0 saturated heterocycles. The zero-order valence-corrected chi connectivity index (χ0v) is 11.1. The lowest BCUT2D eigenvalue weighted by Crippen LogP contribution is -2.01. The maximum atomic E-state index is 13.2. The summed E-state index contributed by atoms with van der Waals surface area (Å²) in [6.45, 7) is 3.59. The summed E-state index contributed by atoms with van der Waals surface area (Å²) in [7, 11) is 0. The van der Waals surface area contributed by atoms with Crippen LogP contribution in [0.2, 0.25) is 5.15 Å². The molecule has 0 radical (unpaired) electrons. The standard InChI is InChI=1S/C13H10ClFN4/c1-7-5-9(15)3-4-11(7)19-13-10(6-16-19)12(14)17-8(2)18-13/h3-6H,1-2H3. The van der Waals surface area contributed by atoms with E-state index in [1.807, 2.05) is 6.92 Å². The highest BCUT2D eigenvalue weighted by molar-refractivity contribution is 6.33. The summed E-state index contributed by atoms with van der Waals surface area (Å²) >= 11 is 6.06. The van der Waals surface area contributed by atoms with Crippen LogP contribution in [0.25, 0.3) is 16.7 Å². The lowest BCUT2D eigenvalue weighted by Gasteiger charge is -2.07. The van der Waals surface area contributed by atoms with Gasteiger partial charge in [-0.3, -0.25) is 0 Å². The topological polar surface area (TPSA) is 43.6 Å². The Morgan fingerprint density at radius 3 is 2.74 bits per heavy atom. The molecule has 2 heterocycles. The Bertz CT molecular complexity index is 782. The van der Waals surface area contributed by atoms with Gasteiger partial charge in [0.1, 0.15) is 16.8 Å². The minimum absolute atomic E-state index is 0.276. The van der Waals surface area contributed by atoms with E-state index in [1.54, 1.807) is 23.9 Å². The first kappa shape index (κ1) is 12.0. The molecule has 0 spiro atoms. The van der Waals surface area contributed by atoms with Gasteiger partial charge in [0.05, 0.1) is 17.3 Å². The minimum atomic E-state index is -0.276. The lowest BCUT2D eigenvalue weighted by atomic mass is 10.2. The maximum absolute atomic E-state index is 13.2. The third-order valence-electron chi connectivity index (χ3n) is 2.88. The summed E-state index contributed by atoms with van der Waals surface area (Å²) < 4.78 is 14.8.